The SMILES string of the molecule is CCCCCCCCCCCCCC(O)CCCC(CCCC)S(=O)(=O)[O-].[K+]. The van der Waals surface area contributed by atoms with Crippen molar-refractivity contribution in [3.05, 3.63) is 0 Å². The van der Waals surface area contributed by atoms with E-state index in [-0.39, 0.29) is 57.5 Å². The molecule has 0 amide bonds. The molecular formula is C22H45KO4S. The molecule has 0 heterocycles. The fourth-order valence-electron chi connectivity index (χ4n) is 3.63. The molecule has 0 aromatic rings. The standard InChI is InChI=1S/C22H46O4S.K/c1-3-5-7-8-9-10-11-12-13-14-15-17-21(23)18-16-20-22(19-6-4-2)27(24,25)26;/h21-23H,3-20H2,1-2H3,(H,24,25,26);/q;+1/p-1. The zero-order chi connectivity index (χ0) is 20.4. The van der Waals surface area contributed by atoms with Gasteiger partial charge in [0.25, 0.3) is 0 Å². The molecule has 1 N–H and O–H groups in total. The summed E-state index contributed by atoms with van der Waals surface area (Å²) in [7, 11) is -4.21. The van der Waals surface area contributed by atoms with Gasteiger partial charge in [0, 0.05) is 5.25 Å². The minimum absolute atomic E-state index is 0. The Morgan fingerprint density at radius 2 is 1.04 bits per heavy atom. The molecule has 2 atom stereocenters. The molecule has 0 fully saturated rings. The third kappa shape index (κ3) is 20.8. The maximum Gasteiger partial charge on any atom is 1.00 e. The fourth-order valence-corrected chi connectivity index (χ4v) is 4.55. The van der Waals surface area contributed by atoms with Crippen molar-refractivity contribution >= 4 is 10.1 Å². The minimum Gasteiger partial charge on any atom is -0.748 e. The van der Waals surface area contributed by atoms with Crippen molar-refractivity contribution < 1.29 is 69.5 Å². The van der Waals surface area contributed by atoms with Crippen molar-refractivity contribution in [3.63, 3.8) is 0 Å². The topological polar surface area (TPSA) is 77.4 Å². The van der Waals surface area contributed by atoms with E-state index in [9.17, 15) is 18.1 Å². The van der Waals surface area contributed by atoms with Crippen molar-refractivity contribution in [2.24, 2.45) is 0 Å². The van der Waals surface area contributed by atoms with E-state index >= 15 is 0 Å². The maximum atomic E-state index is 11.3. The van der Waals surface area contributed by atoms with Gasteiger partial charge in [-0.1, -0.05) is 97.3 Å². The van der Waals surface area contributed by atoms with Crippen LogP contribution >= 0.6 is 0 Å². The van der Waals surface area contributed by atoms with Gasteiger partial charge in [-0.2, -0.15) is 0 Å². The van der Waals surface area contributed by atoms with Gasteiger partial charge in [-0.25, -0.2) is 8.42 Å². The molecule has 0 radical (unpaired) electrons. The Labute approximate surface area is 218 Å². The summed E-state index contributed by atoms with van der Waals surface area (Å²) in [6, 6.07) is 0. The normalized spacial score (nSPS) is 13.9. The summed E-state index contributed by atoms with van der Waals surface area (Å²) in [4.78, 5) is 0. The summed E-state index contributed by atoms with van der Waals surface area (Å²) < 4.78 is 33.8. The molecule has 4 nitrogen and oxygen atoms in total. The van der Waals surface area contributed by atoms with E-state index in [1.807, 2.05) is 6.92 Å². The molecule has 0 saturated carbocycles. The van der Waals surface area contributed by atoms with E-state index in [0.717, 1.165) is 25.7 Å². The summed E-state index contributed by atoms with van der Waals surface area (Å²) in [5.74, 6) is 0. The Hall–Kier alpha value is 1.51. The van der Waals surface area contributed by atoms with Crippen LogP contribution < -0.4 is 51.4 Å². The van der Waals surface area contributed by atoms with Crippen LogP contribution in [0.2, 0.25) is 0 Å². The molecule has 0 bridgehead atoms. The van der Waals surface area contributed by atoms with Gasteiger partial charge in [0.1, 0.15) is 0 Å². The molecule has 0 aliphatic rings. The summed E-state index contributed by atoms with van der Waals surface area (Å²) in [6.07, 6.45) is 18.4. The Morgan fingerprint density at radius 3 is 1.50 bits per heavy atom. The van der Waals surface area contributed by atoms with Crippen LogP contribution in [0, 0.1) is 0 Å². The van der Waals surface area contributed by atoms with Crippen LogP contribution in [0.15, 0.2) is 0 Å². The van der Waals surface area contributed by atoms with Gasteiger partial charge in [-0.15, -0.1) is 0 Å². The monoisotopic (exact) mass is 444 g/mol. The molecule has 0 rings (SSSR count). The van der Waals surface area contributed by atoms with E-state index < -0.39 is 15.4 Å². The van der Waals surface area contributed by atoms with Crippen molar-refractivity contribution in [2.45, 2.75) is 141 Å². The van der Waals surface area contributed by atoms with E-state index in [2.05, 4.69) is 6.92 Å². The number of hydrogen-bond acceptors (Lipinski definition) is 4. The number of aliphatic hydroxyl groups excluding tert-OH is 1. The summed E-state index contributed by atoms with van der Waals surface area (Å²) in [5.41, 5.74) is 0. The van der Waals surface area contributed by atoms with Gasteiger partial charge in [-0.05, 0) is 32.1 Å². The molecule has 0 aliphatic carbocycles. The minimum atomic E-state index is -4.21. The van der Waals surface area contributed by atoms with E-state index in [1.165, 1.54) is 64.2 Å². The van der Waals surface area contributed by atoms with Crippen LogP contribution in [0.25, 0.3) is 0 Å². The molecular weight excluding hydrogens is 399 g/mol. The van der Waals surface area contributed by atoms with Gasteiger partial charge in [0.05, 0.1) is 16.2 Å². The smallest absolute Gasteiger partial charge is 0.748 e. The van der Waals surface area contributed by atoms with Crippen LogP contribution in [0.1, 0.15) is 129 Å². The van der Waals surface area contributed by atoms with Gasteiger partial charge in [0.2, 0.25) is 0 Å². The first-order valence-electron chi connectivity index (χ1n) is 11.5. The largest absolute Gasteiger partial charge is 1.00 e. The molecule has 0 aromatic heterocycles. The molecule has 0 saturated heterocycles. The Morgan fingerprint density at radius 1 is 0.643 bits per heavy atom. The quantitative estimate of drug-likeness (QED) is 0.177. The predicted molar refractivity (Wildman–Crippen MR) is 114 cm³/mol. The third-order valence-electron chi connectivity index (χ3n) is 5.49. The van der Waals surface area contributed by atoms with E-state index in [1.54, 1.807) is 0 Å². The average Bonchev–Trinajstić information content (AvgIpc) is 2.61. The summed E-state index contributed by atoms with van der Waals surface area (Å²) in [5, 5.41) is 9.29. The summed E-state index contributed by atoms with van der Waals surface area (Å²) >= 11 is 0. The van der Waals surface area contributed by atoms with Crippen LogP contribution in [0.4, 0.5) is 0 Å². The molecule has 6 heteroatoms. The predicted octanol–water partition coefficient (Wildman–Crippen LogP) is 3.33. The number of aliphatic hydroxyl groups is 1. The first-order valence-corrected chi connectivity index (χ1v) is 13.0. The van der Waals surface area contributed by atoms with Crippen LogP contribution in [-0.2, 0) is 10.1 Å². The number of rotatable bonds is 20. The number of unbranched alkanes of at least 4 members (excludes halogenated alkanes) is 11. The molecule has 0 aliphatic heterocycles. The molecule has 164 valence electrons. The fraction of sp³-hybridized carbons (Fsp3) is 1.00. The van der Waals surface area contributed by atoms with Gasteiger partial charge in [-0.3, -0.25) is 0 Å². The zero-order valence-corrected chi connectivity index (χ0v) is 22.9. The molecule has 2 unspecified atom stereocenters. The van der Waals surface area contributed by atoms with Crippen LogP contribution in [0.5, 0.6) is 0 Å². The Balaban J connectivity index is 0. The zero-order valence-electron chi connectivity index (χ0n) is 19.0. The average molecular weight is 445 g/mol. The second-order valence-electron chi connectivity index (χ2n) is 8.17. The molecule has 28 heavy (non-hydrogen) atoms. The molecule has 0 spiro atoms. The number of hydrogen-bond donors (Lipinski definition) is 1. The Bertz CT molecular complexity index is 415. The molecule has 0 aromatic carbocycles. The third-order valence-corrected chi connectivity index (χ3v) is 6.78. The second kappa shape index (κ2) is 21.7. The summed E-state index contributed by atoms with van der Waals surface area (Å²) in [6.45, 7) is 4.24. The van der Waals surface area contributed by atoms with E-state index in [4.69, 9.17) is 0 Å². The Kier molecular flexibility index (Phi) is 24.6. The van der Waals surface area contributed by atoms with Crippen molar-refractivity contribution in [3.8, 4) is 0 Å². The van der Waals surface area contributed by atoms with Gasteiger partial charge >= 0.3 is 51.4 Å². The van der Waals surface area contributed by atoms with Crippen LogP contribution in [-0.4, -0.2) is 29.4 Å². The van der Waals surface area contributed by atoms with Crippen molar-refractivity contribution in [2.75, 3.05) is 0 Å². The van der Waals surface area contributed by atoms with E-state index in [0.29, 0.717) is 25.7 Å². The second-order valence-corrected chi connectivity index (χ2v) is 9.82. The van der Waals surface area contributed by atoms with Crippen LogP contribution in [0.3, 0.4) is 0 Å². The van der Waals surface area contributed by atoms with Gasteiger partial charge < -0.3 is 9.66 Å². The maximum absolute atomic E-state index is 11.3. The van der Waals surface area contributed by atoms with Gasteiger partial charge in [0.15, 0.2) is 0 Å². The first kappa shape index (κ1) is 31.7. The van der Waals surface area contributed by atoms with Crippen molar-refractivity contribution in [1.29, 1.82) is 0 Å². The first-order chi connectivity index (χ1) is 12.9. The van der Waals surface area contributed by atoms with Crippen molar-refractivity contribution in [1.82, 2.24) is 0 Å².